The summed E-state index contributed by atoms with van der Waals surface area (Å²) in [7, 11) is 0. The van der Waals surface area contributed by atoms with E-state index in [0.29, 0.717) is 5.69 Å². The molecule has 0 aromatic carbocycles. The number of pyridine rings is 1. The van der Waals surface area contributed by atoms with E-state index in [1.807, 2.05) is 0 Å². The Bertz CT molecular complexity index is 383. The first-order valence-electron chi connectivity index (χ1n) is 5.41. The molecule has 1 atom stereocenters. The summed E-state index contributed by atoms with van der Waals surface area (Å²) < 4.78 is 41.7. The second kappa shape index (κ2) is 5.90. The van der Waals surface area contributed by atoms with Crippen LogP contribution in [0.1, 0.15) is 13.8 Å². The van der Waals surface area contributed by atoms with E-state index < -0.39 is 18.8 Å². The van der Waals surface area contributed by atoms with Crippen LogP contribution in [0.5, 0.6) is 5.88 Å². The Hall–Kier alpha value is -1.50. The van der Waals surface area contributed by atoms with Crippen LogP contribution >= 0.6 is 0 Å². The largest absolute Gasteiger partial charge is 0.473 e. The van der Waals surface area contributed by atoms with Gasteiger partial charge in [-0.05, 0) is 26.0 Å². The average molecular weight is 264 g/mol. The van der Waals surface area contributed by atoms with E-state index >= 15 is 0 Å². The third-order valence-corrected chi connectivity index (χ3v) is 1.98. The van der Waals surface area contributed by atoms with Gasteiger partial charge in [0.25, 0.3) is 0 Å². The van der Waals surface area contributed by atoms with Crippen molar-refractivity contribution in [3.8, 4) is 5.88 Å². The van der Waals surface area contributed by atoms with Gasteiger partial charge in [-0.3, -0.25) is 0 Å². The fraction of sp³-hybridized carbons (Fsp3) is 0.545. The first-order valence-corrected chi connectivity index (χ1v) is 5.41. The molecular weight excluding hydrogens is 249 g/mol. The summed E-state index contributed by atoms with van der Waals surface area (Å²) in [4.78, 5) is 3.91. The monoisotopic (exact) mass is 264 g/mol. The number of aliphatic hydroxyl groups is 1. The maximum Gasteiger partial charge on any atom is 0.416 e. The molecule has 4 nitrogen and oxygen atoms in total. The fourth-order valence-electron chi connectivity index (χ4n) is 1.16. The normalized spacial score (nSPS) is 13.5. The molecule has 18 heavy (non-hydrogen) atoms. The van der Waals surface area contributed by atoms with Gasteiger partial charge < -0.3 is 15.2 Å². The van der Waals surface area contributed by atoms with Crippen LogP contribution in [0, 0.1) is 0 Å². The molecule has 0 amide bonds. The number of rotatable bonds is 5. The van der Waals surface area contributed by atoms with Crippen molar-refractivity contribution >= 4 is 5.69 Å². The smallest absolute Gasteiger partial charge is 0.416 e. The van der Waals surface area contributed by atoms with E-state index in [9.17, 15) is 13.2 Å². The summed E-state index contributed by atoms with van der Waals surface area (Å²) >= 11 is 0. The number of aliphatic hydroxyl groups excluding tert-OH is 1. The summed E-state index contributed by atoms with van der Waals surface area (Å²) in [5.41, 5.74) is 0.314. The molecule has 0 aliphatic carbocycles. The Morgan fingerprint density at radius 1 is 1.44 bits per heavy atom. The van der Waals surface area contributed by atoms with Gasteiger partial charge >= 0.3 is 6.18 Å². The molecule has 1 aromatic rings. The predicted octanol–water partition coefficient (Wildman–Crippen LogP) is 2.20. The highest BCUT2D eigenvalue weighted by Crippen LogP contribution is 2.24. The van der Waals surface area contributed by atoms with Crippen LogP contribution in [-0.2, 0) is 0 Å². The van der Waals surface area contributed by atoms with E-state index in [0.717, 1.165) is 0 Å². The van der Waals surface area contributed by atoms with Crippen LogP contribution in [0.3, 0.4) is 0 Å². The number of hydrogen-bond acceptors (Lipinski definition) is 4. The molecule has 0 aliphatic rings. The standard InChI is InChI=1S/C11H15F3N2O2/c1-7(2)18-10-8(4-3-5-15-10)16-6-9(17)11(12,13)14/h3-5,7,9,16-17H,6H2,1-2H3. The van der Waals surface area contributed by atoms with Crippen LogP contribution in [0.4, 0.5) is 18.9 Å². The van der Waals surface area contributed by atoms with Gasteiger partial charge in [0.05, 0.1) is 11.8 Å². The van der Waals surface area contributed by atoms with Gasteiger partial charge in [-0.15, -0.1) is 0 Å². The van der Waals surface area contributed by atoms with Crippen LogP contribution in [0.2, 0.25) is 0 Å². The molecule has 102 valence electrons. The highest BCUT2D eigenvalue weighted by Gasteiger charge is 2.37. The van der Waals surface area contributed by atoms with Crippen molar-refractivity contribution in [3.05, 3.63) is 18.3 Å². The summed E-state index contributed by atoms with van der Waals surface area (Å²) in [5, 5.41) is 11.3. The van der Waals surface area contributed by atoms with Crippen molar-refractivity contribution in [2.45, 2.75) is 32.2 Å². The number of alkyl halides is 3. The van der Waals surface area contributed by atoms with Gasteiger partial charge in [0.1, 0.15) is 0 Å². The second-order valence-corrected chi connectivity index (χ2v) is 3.96. The lowest BCUT2D eigenvalue weighted by Crippen LogP contribution is -2.35. The number of hydrogen-bond donors (Lipinski definition) is 2. The molecular formula is C11H15F3N2O2. The maximum absolute atomic E-state index is 12.1. The third-order valence-electron chi connectivity index (χ3n) is 1.98. The Labute approximate surface area is 103 Å². The molecule has 7 heteroatoms. The van der Waals surface area contributed by atoms with Crippen LogP contribution in [0.25, 0.3) is 0 Å². The lowest BCUT2D eigenvalue weighted by Gasteiger charge is -2.18. The molecule has 1 unspecified atom stereocenters. The van der Waals surface area contributed by atoms with Crippen molar-refractivity contribution in [1.29, 1.82) is 0 Å². The third kappa shape index (κ3) is 4.40. The molecule has 0 saturated heterocycles. The van der Waals surface area contributed by atoms with Gasteiger partial charge in [0.2, 0.25) is 5.88 Å². The number of nitrogens with zero attached hydrogens (tertiary/aromatic N) is 1. The minimum absolute atomic E-state index is 0.145. The molecule has 0 aliphatic heterocycles. The maximum atomic E-state index is 12.1. The second-order valence-electron chi connectivity index (χ2n) is 3.96. The summed E-state index contributed by atoms with van der Waals surface area (Å²) in [6.07, 6.45) is -5.74. The van der Waals surface area contributed by atoms with E-state index in [1.54, 1.807) is 19.9 Å². The molecule has 0 saturated carbocycles. The number of aromatic nitrogens is 1. The summed E-state index contributed by atoms with van der Waals surface area (Å²) in [6, 6.07) is 3.10. The topological polar surface area (TPSA) is 54.4 Å². The van der Waals surface area contributed by atoms with E-state index in [1.165, 1.54) is 12.3 Å². The highest BCUT2D eigenvalue weighted by atomic mass is 19.4. The molecule has 2 N–H and O–H groups in total. The highest BCUT2D eigenvalue weighted by molar-refractivity contribution is 5.52. The van der Waals surface area contributed by atoms with Crippen molar-refractivity contribution in [2.75, 3.05) is 11.9 Å². The average Bonchev–Trinajstić information content (AvgIpc) is 2.25. The van der Waals surface area contributed by atoms with E-state index in [2.05, 4.69) is 10.3 Å². The van der Waals surface area contributed by atoms with E-state index in [4.69, 9.17) is 9.84 Å². The Balaban J connectivity index is 2.67. The molecule has 0 radical (unpaired) electrons. The predicted molar refractivity (Wildman–Crippen MR) is 60.6 cm³/mol. The Morgan fingerprint density at radius 3 is 2.67 bits per heavy atom. The van der Waals surface area contributed by atoms with Gasteiger partial charge in [-0.25, -0.2) is 4.98 Å². The molecule has 1 aromatic heterocycles. The first kappa shape index (κ1) is 14.6. The molecule has 1 rings (SSSR count). The van der Waals surface area contributed by atoms with Gasteiger partial charge in [-0.2, -0.15) is 13.2 Å². The first-order chi connectivity index (χ1) is 8.30. The quantitative estimate of drug-likeness (QED) is 0.856. The zero-order valence-electron chi connectivity index (χ0n) is 10.0. The summed E-state index contributed by atoms with van der Waals surface area (Å²) in [6.45, 7) is 2.91. The Morgan fingerprint density at radius 2 is 2.11 bits per heavy atom. The van der Waals surface area contributed by atoms with Gasteiger partial charge in [-0.1, -0.05) is 0 Å². The van der Waals surface area contributed by atoms with Crippen LogP contribution < -0.4 is 10.1 Å². The van der Waals surface area contributed by atoms with Crippen LogP contribution in [-0.4, -0.2) is 35.0 Å². The molecule has 0 bridgehead atoms. The van der Waals surface area contributed by atoms with Crippen molar-refractivity contribution < 1.29 is 23.0 Å². The van der Waals surface area contributed by atoms with Crippen molar-refractivity contribution in [2.24, 2.45) is 0 Å². The number of nitrogens with one attached hydrogen (secondary N) is 1. The van der Waals surface area contributed by atoms with E-state index in [-0.39, 0.29) is 12.0 Å². The van der Waals surface area contributed by atoms with Crippen LogP contribution in [0.15, 0.2) is 18.3 Å². The van der Waals surface area contributed by atoms with Gasteiger partial charge in [0.15, 0.2) is 6.10 Å². The number of halogens is 3. The number of ether oxygens (including phenoxy) is 1. The Kier molecular flexibility index (Phi) is 4.77. The molecule has 1 heterocycles. The SMILES string of the molecule is CC(C)Oc1ncccc1NCC(O)C(F)(F)F. The molecule has 0 fully saturated rings. The zero-order valence-corrected chi connectivity index (χ0v) is 10.0. The fourth-order valence-corrected chi connectivity index (χ4v) is 1.16. The van der Waals surface area contributed by atoms with Gasteiger partial charge in [0, 0.05) is 12.7 Å². The lowest BCUT2D eigenvalue weighted by atomic mass is 10.3. The minimum Gasteiger partial charge on any atom is -0.473 e. The molecule has 0 spiro atoms. The number of anilines is 1. The zero-order chi connectivity index (χ0) is 13.8. The lowest BCUT2D eigenvalue weighted by molar-refractivity contribution is -0.198. The van der Waals surface area contributed by atoms with Crippen molar-refractivity contribution in [1.82, 2.24) is 4.98 Å². The van der Waals surface area contributed by atoms with Crippen molar-refractivity contribution in [3.63, 3.8) is 0 Å². The minimum atomic E-state index is -4.64. The summed E-state index contributed by atoms with van der Waals surface area (Å²) in [5.74, 6) is 0.210.